The van der Waals surface area contributed by atoms with Crippen molar-refractivity contribution in [3.8, 4) is 0 Å². The van der Waals surface area contributed by atoms with E-state index in [0.717, 1.165) is 0 Å². The molecule has 0 aliphatic heterocycles. The topological polar surface area (TPSA) is 96.5 Å². The minimum absolute atomic E-state index is 0.0619. The second kappa shape index (κ2) is 8.98. The molecule has 3 N–H and O–H groups in total. The summed E-state index contributed by atoms with van der Waals surface area (Å²) in [6.07, 6.45) is -0.686. The fourth-order valence-corrected chi connectivity index (χ4v) is 2.15. The highest BCUT2D eigenvalue weighted by Crippen LogP contribution is 2.15. The van der Waals surface area contributed by atoms with Crippen molar-refractivity contribution in [2.75, 3.05) is 17.2 Å². The van der Waals surface area contributed by atoms with Gasteiger partial charge in [-0.15, -0.1) is 0 Å². The lowest BCUT2D eigenvalue weighted by atomic mass is 10.2. The van der Waals surface area contributed by atoms with Crippen LogP contribution in [0.4, 0.5) is 20.6 Å². The van der Waals surface area contributed by atoms with Crippen LogP contribution in [0.5, 0.6) is 0 Å². The number of halogens is 1. The third-order valence-corrected chi connectivity index (χ3v) is 3.34. The van der Waals surface area contributed by atoms with Gasteiger partial charge >= 0.3 is 6.09 Å². The van der Waals surface area contributed by atoms with Gasteiger partial charge in [0.2, 0.25) is 5.91 Å². The van der Waals surface area contributed by atoms with Crippen LogP contribution in [-0.2, 0) is 9.53 Å². The zero-order valence-corrected chi connectivity index (χ0v) is 15.8. The summed E-state index contributed by atoms with van der Waals surface area (Å²) in [4.78, 5) is 35.5. The molecule has 0 aliphatic carbocycles. The fourth-order valence-electron chi connectivity index (χ4n) is 2.15. The molecule has 0 fully saturated rings. The number of anilines is 2. The molecular formula is C20H22FN3O4. The van der Waals surface area contributed by atoms with Crippen LogP contribution >= 0.6 is 0 Å². The molecule has 0 atom stereocenters. The molecule has 0 saturated carbocycles. The zero-order chi connectivity index (χ0) is 20.7. The van der Waals surface area contributed by atoms with Gasteiger partial charge < -0.3 is 20.7 Å². The highest BCUT2D eigenvalue weighted by Gasteiger charge is 2.16. The number of alkyl carbamates (subject to hydrolysis) is 1. The lowest BCUT2D eigenvalue weighted by Crippen LogP contribution is -2.37. The molecule has 8 heteroatoms. The first-order valence-corrected chi connectivity index (χ1v) is 8.57. The number of nitrogens with one attached hydrogen (secondary N) is 3. The smallest absolute Gasteiger partial charge is 0.408 e. The maximum absolute atomic E-state index is 13.6. The summed E-state index contributed by atoms with van der Waals surface area (Å²) in [5.41, 5.74) is 0.204. The molecule has 0 bridgehead atoms. The summed E-state index contributed by atoms with van der Waals surface area (Å²) in [7, 11) is 0. The molecule has 0 saturated heterocycles. The molecule has 0 spiro atoms. The minimum Gasteiger partial charge on any atom is -0.444 e. The molecule has 7 nitrogen and oxygen atoms in total. The van der Waals surface area contributed by atoms with Crippen molar-refractivity contribution in [2.45, 2.75) is 26.4 Å². The van der Waals surface area contributed by atoms with Crippen LogP contribution in [0.2, 0.25) is 0 Å². The molecule has 2 rings (SSSR count). The Labute approximate surface area is 162 Å². The normalized spacial score (nSPS) is 10.7. The maximum atomic E-state index is 13.6. The second-order valence-electron chi connectivity index (χ2n) is 6.91. The van der Waals surface area contributed by atoms with E-state index in [2.05, 4.69) is 16.0 Å². The van der Waals surface area contributed by atoms with Gasteiger partial charge in [-0.3, -0.25) is 9.59 Å². The number of hydrogen-bond donors (Lipinski definition) is 3. The van der Waals surface area contributed by atoms with Crippen molar-refractivity contribution in [1.29, 1.82) is 0 Å². The monoisotopic (exact) mass is 387 g/mol. The van der Waals surface area contributed by atoms with Crippen LogP contribution in [0.15, 0.2) is 48.5 Å². The number of carbonyl (C=O) groups excluding carboxylic acids is 3. The summed E-state index contributed by atoms with van der Waals surface area (Å²) in [5.74, 6) is -1.62. The number of carbonyl (C=O) groups is 3. The molecule has 3 amide bonds. The van der Waals surface area contributed by atoms with Crippen molar-refractivity contribution >= 4 is 29.3 Å². The number of hydrogen-bond acceptors (Lipinski definition) is 4. The SMILES string of the molecule is CC(C)(C)OC(=O)NCC(=O)Nc1ccc(NC(=O)c2ccccc2F)cc1. The van der Waals surface area contributed by atoms with E-state index in [9.17, 15) is 18.8 Å². The van der Waals surface area contributed by atoms with E-state index in [1.165, 1.54) is 18.2 Å². The van der Waals surface area contributed by atoms with Gasteiger partial charge in [0.25, 0.3) is 5.91 Å². The lowest BCUT2D eigenvalue weighted by Gasteiger charge is -2.19. The van der Waals surface area contributed by atoms with Crippen molar-refractivity contribution < 1.29 is 23.5 Å². The standard InChI is InChI=1S/C20H22FN3O4/c1-20(2,3)28-19(27)22-12-17(25)23-13-8-10-14(11-9-13)24-18(26)15-6-4-5-7-16(15)21/h4-11H,12H2,1-3H3,(H,22,27)(H,23,25)(H,24,26). The number of ether oxygens (including phenoxy) is 1. The van der Waals surface area contributed by atoms with Crippen LogP contribution < -0.4 is 16.0 Å². The molecule has 2 aromatic carbocycles. The Balaban J connectivity index is 1.85. The summed E-state index contributed by atoms with van der Waals surface area (Å²) in [5, 5.41) is 7.53. The van der Waals surface area contributed by atoms with Crippen LogP contribution in [0, 0.1) is 5.82 Å². The van der Waals surface area contributed by atoms with Gasteiger partial charge in [-0.1, -0.05) is 12.1 Å². The van der Waals surface area contributed by atoms with Gasteiger partial charge in [0, 0.05) is 11.4 Å². The molecular weight excluding hydrogens is 365 g/mol. The van der Waals surface area contributed by atoms with Crippen LogP contribution in [0.25, 0.3) is 0 Å². The van der Waals surface area contributed by atoms with Gasteiger partial charge in [-0.05, 0) is 57.2 Å². The molecule has 0 aromatic heterocycles. The van der Waals surface area contributed by atoms with E-state index in [0.29, 0.717) is 11.4 Å². The van der Waals surface area contributed by atoms with Gasteiger partial charge in [-0.25, -0.2) is 9.18 Å². The molecule has 148 valence electrons. The lowest BCUT2D eigenvalue weighted by molar-refractivity contribution is -0.115. The van der Waals surface area contributed by atoms with E-state index in [4.69, 9.17) is 4.74 Å². The first-order valence-electron chi connectivity index (χ1n) is 8.57. The van der Waals surface area contributed by atoms with E-state index in [1.54, 1.807) is 51.1 Å². The van der Waals surface area contributed by atoms with Crippen molar-refractivity contribution in [2.24, 2.45) is 0 Å². The van der Waals surface area contributed by atoms with Crippen LogP contribution in [0.1, 0.15) is 31.1 Å². The first kappa shape index (κ1) is 20.9. The molecule has 0 unspecified atom stereocenters. The molecule has 0 aliphatic rings. The average molecular weight is 387 g/mol. The highest BCUT2D eigenvalue weighted by atomic mass is 19.1. The minimum atomic E-state index is -0.686. The van der Waals surface area contributed by atoms with Gasteiger partial charge in [0.05, 0.1) is 5.56 Å². The molecule has 28 heavy (non-hydrogen) atoms. The highest BCUT2D eigenvalue weighted by molar-refractivity contribution is 6.04. The Morgan fingerprint density at radius 2 is 1.50 bits per heavy atom. The van der Waals surface area contributed by atoms with Crippen molar-refractivity contribution in [3.05, 3.63) is 59.9 Å². The molecule has 2 aromatic rings. The zero-order valence-electron chi connectivity index (χ0n) is 15.8. The number of amides is 3. The largest absolute Gasteiger partial charge is 0.444 e. The second-order valence-corrected chi connectivity index (χ2v) is 6.91. The maximum Gasteiger partial charge on any atom is 0.408 e. The van der Waals surface area contributed by atoms with E-state index < -0.39 is 29.3 Å². The summed E-state index contributed by atoms with van der Waals surface area (Å²) < 4.78 is 18.7. The average Bonchev–Trinajstić information content (AvgIpc) is 2.60. The number of rotatable bonds is 5. The Bertz CT molecular complexity index is 860. The van der Waals surface area contributed by atoms with Crippen molar-refractivity contribution in [1.82, 2.24) is 5.32 Å². The summed E-state index contributed by atoms with van der Waals surface area (Å²) in [6, 6.07) is 11.9. The first-order chi connectivity index (χ1) is 13.1. The third kappa shape index (κ3) is 6.71. The number of benzene rings is 2. The molecule has 0 radical (unpaired) electrons. The Hall–Kier alpha value is -3.42. The fraction of sp³-hybridized carbons (Fsp3) is 0.250. The van der Waals surface area contributed by atoms with Crippen molar-refractivity contribution in [3.63, 3.8) is 0 Å². The van der Waals surface area contributed by atoms with E-state index >= 15 is 0 Å². The predicted octanol–water partition coefficient (Wildman–Crippen LogP) is 3.54. The van der Waals surface area contributed by atoms with Crippen LogP contribution in [0.3, 0.4) is 0 Å². The Kier molecular flexibility index (Phi) is 6.70. The van der Waals surface area contributed by atoms with Gasteiger partial charge in [-0.2, -0.15) is 0 Å². The Morgan fingerprint density at radius 3 is 2.07 bits per heavy atom. The van der Waals surface area contributed by atoms with Crippen LogP contribution in [-0.4, -0.2) is 30.1 Å². The quantitative estimate of drug-likeness (QED) is 0.731. The summed E-state index contributed by atoms with van der Waals surface area (Å²) in [6.45, 7) is 4.91. The summed E-state index contributed by atoms with van der Waals surface area (Å²) >= 11 is 0. The predicted molar refractivity (Wildman–Crippen MR) is 104 cm³/mol. The van der Waals surface area contributed by atoms with Gasteiger partial charge in [0.1, 0.15) is 18.0 Å². The van der Waals surface area contributed by atoms with E-state index in [1.807, 2.05) is 0 Å². The van der Waals surface area contributed by atoms with Gasteiger partial charge in [0.15, 0.2) is 0 Å². The third-order valence-electron chi connectivity index (χ3n) is 3.34. The molecule has 0 heterocycles. The Morgan fingerprint density at radius 1 is 0.929 bits per heavy atom. The van der Waals surface area contributed by atoms with E-state index in [-0.39, 0.29) is 12.1 Å².